The van der Waals surface area contributed by atoms with Crippen molar-refractivity contribution in [3.05, 3.63) is 35.9 Å². The predicted molar refractivity (Wildman–Crippen MR) is 75.9 cm³/mol. The zero-order valence-corrected chi connectivity index (χ0v) is 10.9. The third-order valence-corrected chi connectivity index (χ3v) is 3.03. The van der Waals surface area contributed by atoms with Crippen LogP contribution in [0, 0.1) is 11.3 Å². The molecular weight excluding hydrogens is 238 g/mol. The number of benzene rings is 1. The molecule has 0 aliphatic carbocycles. The molecule has 1 unspecified atom stereocenters. The van der Waals surface area contributed by atoms with E-state index < -0.39 is 0 Å². The summed E-state index contributed by atoms with van der Waals surface area (Å²) in [5.41, 5.74) is 1.45. The molecule has 0 aliphatic heterocycles. The van der Waals surface area contributed by atoms with E-state index in [1.807, 2.05) is 31.2 Å². The van der Waals surface area contributed by atoms with Gasteiger partial charge in [0, 0.05) is 18.0 Å². The second-order valence-electron chi connectivity index (χ2n) is 4.60. The fourth-order valence-electron chi connectivity index (χ4n) is 2.06. The van der Waals surface area contributed by atoms with E-state index in [0.717, 1.165) is 23.7 Å². The fraction of sp³-hybridized carbons (Fsp3) is 0.333. The molecule has 0 aliphatic rings. The highest BCUT2D eigenvalue weighted by molar-refractivity contribution is 5.86. The number of hydrogen-bond donors (Lipinski definition) is 2. The molecule has 2 N–H and O–H groups in total. The Hall–Kier alpha value is -2.12. The third-order valence-electron chi connectivity index (χ3n) is 3.03. The number of pyridine rings is 1. The van der Waals surface area contributed by atoms with E-state index in [2.05, 4.69) is 16.4 Å². The molecule has 98 valence electrons. The first-order valence-corrected chi connectivity index (χ1v) is 6.42. The van der Waals surface area contributed by atoms with E-state index in [1.165, 1.54) is 0 Å². The molecule has 0 bridgehead atoms. The summed E-state index contributed by atoms with van der Waals surface area (Å²) in [6.07, 6.45) is 1.62. The van der Waals surface area contributed by atoms with E-state index in [9.17, 15) is 5.26 Å². The molecule has 0 fully saturated rings. The topological polar surface area (TPSA) is 68.9 Å². The molecule has 0 saturated heterocycles. The number of anilines is 1. The van der Waals surface area contributed by atoms with E-state index in [0.29, 0.717) is 11.4 Å². The zero-order valence-electron chi connectivity index (χ0n) is 10.9. The van der Waals surface area contributed by atoms with Crippen molar-refractivity contribution in [3.63, 3.8) is 0 Å². The van der Waals surface area contributed by atoms with Crippen LogP contribution in [-0.2, 0) is 0 Å². The highest BCUT2D eigenvalue weighted by Gasteiger charge is 2.07. The Labute approximate surface area is 112 Å². The Morgan fingerprint density at radius 2 is 2.21 bits per heavy atom. The largest absolute Gasteiger partial charge is 0.396 e. The van der Waals surface area contributed by atoms with E-state index >= 15 is 0 Å². The normalized spacial score (nSPS) is 12.1. The fourth-order valence-corrected chi connectivity index (χ4v) is 2.06. The third kappa shape index (κ3) is 3.21. The Kier molecular flexibility index (Phi) is 4.32. The van der Waals surface area contributed by atoms with E-state index in [-0.39, 0.29) is 12.6 Å². The molecule has 1 aromatic heterocycles. The van der Waals surface area contributed by atoms with Gasteiger partial charge in [-0.25, -0.2) is 4.98 Å². The molecule has 0 spiro atoms. The molecule has 4 heteroatoms. The predicted octanol–water partition coefficient (Wildman–Crippen LogP) is 2.68. The zero-order chi connectivity index (χ0) is 13.7. The van der Waals surface area contributed by atoms with Gasteiger partial charge in [-0.1, -0.05) is 18.2 Å². The number of aliphatic hydroxyl groups is 1. The molecule has 0 saturated carbocycles. The van der Waals surface area contributed by atoms with Crippen LogP contribution in [0.4, 0.5) is 5.82 Å². The molecule has 0 radical (unpaired) electrons. The maximum Gasteiger partial charge on any atom is 0.128 e. The molecule has 2 aromatic rings. The minimum Gasteiger partial charge on any atom is -0.396 e. The van der Waals surface area contributed by atoms with Crippen LogP contribution < -0.4 is 5.32 Å². The van der Waals surface area contributed by atoms with Gasteiger partial charge >= 0.3 is 0 Å². The SMILES string of the molecule is CC(CCCO)Nc1cc(C#N)c2ccccc2n1. The number of para-hydroxylation sites is 1. The summed E-state index contributed by atoms with van der Waals surface area (Å²) >= 11 is 0. The number of nitrogens with one attached hydrogen (secondary N) is 1. The van der Waals surface area contributed by atoms with Gasteiger partial charge in [0.15, 0.2) is 0 Å². The number of nitrogens with zero attached hydrogens (tertiary/aromatic N) is 2. The van der Waals surface area contributed by atoms with Crippen molar-refractivity contribution in [1.29, 1.82) is 5.26 Å². The van der Waals surface area contributed by atoms with Gasteiger partial charge in [-0.2, -0.15) is 5.26 Å². The van der Waals surface area contributed by atoms with Gasteiger partial charge in [0.2, 0.25) is 0 Å². The number of nitriles is 1. The number of hydrogen-bond acceptors (Lipinski definition) is 4. The number of aromatic nitrogens is 1. The van der Waals surface area contributed by atoms with Crippen molar-refractivity contribution in [2.75, 3.05) is 11.9 Å². The van der Waals surface area contributed by atoms with E-state index in [1.54, 1.807) is 6.07 Å². The molecule has 4 nitrogen and oxygen atoms in total. The molecule has 0 amide bonds. The van der Waals surface area contributed by atoms with Crippen LogP contribution in [0.15, 0.2) is 30.3 Å². The Bertz CT molecular complexity index is 604. The molecule has 19 heavy (non-hydrogen) atoms. The minimum absolute atomic E-state index is 0.195. The Morgan fingerprint density at radius 3 is 2.95 bits per heavy atom. The lowest BCUT2D eigenvalue weighted by molar-refractivity contribution is 0.282. The molecular formula is C15H17N3O. The lowest BCUT2D eigenvalue weighted by Crippen LogP contribution is -2.16. The molecule has 2 rings (SSSR count). The van der Waals surface area contributed by atoms with Crippen LogP contribution in [0.2, 0.25) is 0 Å². The lowest BCUT2D eigenvalue weighted by atomic mass is 10.1. The average molecular weight is 255 g/mol. The van der Waals surface area contributed by atoms with Gasteiger partial charge in [-0.15, -0.1) is 0 Å². The first-order valence-electron chi connectivity index (χ1n) is 6.42. The van der Waals surface area contributed by atoms with Crippen molar-refractivity contribution in [3.8, 4) is 6.07 Å². The van der Waals surface area contributed by atoms with Crippen molar-refractivity contribution in [2.24, 2.45) is 0 Å². The summed E-state index contributed by atoms with van der Waals surface area (Å²) in [7, 11) is 0. The number of rotatable bonds is 5. The van der Waals surface area contributed by atoms with Crippen LogP contribution in [-0.4, -0.2) is 22.7 Å². The average Bonchev–Trinajstić information content (AvgIpc) is 2.44. The first kappa shape index (κ1) is 13.3. The Morgan fingerprint density at radius 1 is 1.42 bits per heavy atom. The van der Waals surface area contributed by atoms with Gasteiger partial charge in [-0.3, -0.25) is 0 Å². The standard InChI is InChI=1S/C15H17N3O/c1-11(5-4-8-19)17-15-9-12(10-16)13-6-2-3-7-14(13)18-15/h2-3,6-7,9,11,19H,4-5,8H2,1H3,(H,17,18). The number of fused-ring (bicyclic) bond motifs is 1. The number of aliphatic hydroxyl groups excluding tert-OH is 1. The van der Waals surface area contributed by atoms with Crippen LogP contribution in [0.3, 0.4) is 0 Å². The van der Waals surface area contributed by atoms with Gasteiger partial charge in [-0.05, 0) is 31.9 Å². The minimum atomic E-state index is 0.195. The first-order chi connectivity index (χ1) is 9.24. The maximum absolute atomic E-state index is 9.20. The second-order valence-corrected chi connectivity index (χ2v) is 4.60. The quantitative estimate of drug-likeness (QED) is 0.861. The Balaban J connectivity index is 2.27. The molecule has 1 aromatic carbocycles. The van der Waals surface area contributed by atoms with Crippen molar-refractivity contribution < 1.29 is 5.11 Å². The van der Waals surface area contributed by atoms with Crippen molar-refractivity contribution in [2.45, 2.75) is 25.8 Å². The monoisotopic (exact) mass is 255 g/mol. The summed E-state index contributed by atoms with van der Waals surface area (Å²) < 4.78 is 0. The summed E-state index contributed by atoms with van der Waals surface area (Å²) in [6, 6.07) is 11.8. The van der Waals surface area contributed by atoms with Gasteiger partial charge in [0.05, 0.1) is 17.1 Å². The summed E-state index contributed by atoms with van der Waals surface area (Å²) in [5, 5.41) is 22.2. The lowest BCUT2D eigenvalue weighted by Gasteiger charge is -2.14. The van der Waals surface area contributed by atoms with Crippen molar-refractivity contribution >= 4 is 16.7 Å². The van der Waals surface area contributed by atoms with Crippen LogP contribution in [0.5, 0.6) is 0 Å². The second kappa shape index (κ2) is 6.17. The highest BCUT2D eigenvalue weighted by atomic mass is 16.2. The van der Waals surface area contributed by atoms with Gasteiger partial charge in [0.1, 0.15) is 5.82 Å². The van der Waals surface area contributed by atoms with Gasteiger partial charge in [0.25, 0.3) is 0 Å². The van der Waals surface area contributed by atoms with Gasteiger partial charge < -0.3 is 10.4 Å². The summed E-state index contributed by atoms with van der Waals surface area (Å²) in [5.74, 6) is 0.709. The highest BCUT2D eigenvalue weighted by Crippen LogP contribution is 2.20. The van der Waals surface area contributed by atoms with Crippen molar-refractivity contribution in [1.82, 2.24) is 4.98 Å². The van der Waals surface area contributed by atoms with Crippen LogP contribution in [0.25, 0.3) is 10.9 Å². The van der Waals surface area contributed by atoms with Crippen LogP contribution >= 0.6 is 0 Å². The summed E-state index contributed by atoms with van der Waals surface area (Å²) in [4.78, 5) is 4.51. The molecule has 1 atom stereocenters. The summed E-state index contributed by atoms with van der Waals surface area (Å²) in [6.45, 7) is 2.24. The van der Waals surface area contributed by atoms with Crippen LogP contribution in [0.1, 0.15) is 25.3 Å². The smallest absolute Gasteiger partial charge is 0.128 e. The van der Waals surface area contributed by atoms with E-state index in [4.69, 9.17) is 5.11 Å². The molecule has 1 heterocycles. The maximum atomic E-state index is 9.20.